The smallest absolute Gasteiger partial charge is 0.543 e. The van der Waals surface area contributed by atoms with Gasteiger partial charge in [-0.05, 0) is 0 Å². The average molecular weight is 203 g/mol. The number of hydrogen-bond donors (Lipinski definition) is 0. The first-order valence-electron chi connectivity index (χ1n) is 1.07. The van der Waals surface area contributed by atoms with Crippen LogP contribution in [0.4, 0.5) is 0 Å². The van der Waals surface area contributed by atoms with Gasteiger partial charge in [0.25, 0.3) is 0 Å². The second-order valence-corrected chi connectivity index (χ2v) is 0.575. The molecule has 0 unspecified atom stereocenters. The molecule has 0 bridgehead atoms. The summed E-state index contributed by atoms with van der Waals surface area (Å²) >= 11 is 0. The van der Waals surface area contributed by atoms with Gasteiger partial charge in [-0.3, -0.25) is 0 Å². The molecule has 0 aliphatic heterocycles. The summed E-state index contributed by atoms with van der Waals surface area (Å²) in [6.07, 6.45) is 0. The van der Waals surface area contributed by atoms with Crippen LogP contribution in [0, 0.1) is 0 Å². The summed E-state index contributed by atoms with van der Waals surface area (Å²) in [7, 11) is 0. The minimum atomic E-state index is -2.19. The summed E-state index contributed by atoms with van der Waals surface area (Å²) in [5.41, 5.74) is 0. The van der Waals surface area contributed by atoms with Gasteiger partial charge >= 0.3 is 16.5 Å². The Bertz CT molecular complexity index is 80.0. The summed E-state index contributed by atoms with van der Waals surface area (Å²) in [5, 5.41) is 17.9. The number of hydrogen-bond acceptors (Lipinski definition) is 4. The third kappa shape index (κ3) is 9.35. The Morgan fingerprint density at radius 1 is 1.00 bits per heavy atom. The van der Waals surface area contributed by atoms with E-state index in [4.69, 9.17) is 19.8 Å². The molecular formula is C2FeNiO4. The van der Waals surface area contributed by atoms with Crippen molar-refractivity contribution in [2.45, 2.75) is 0 Å². The zero-order valence-electron chi connectivity index (χ0n) is 3.30. The minimum Gasteiger partial charge on any atom is -0.543 e. The van der Waals surface area contributed by atoms with E-state index in [-0.39, 0.29) is 33.6 Å². The van der Waals surface area contributed by atoms with Crippen LogP contribution < -0.4 is 10.2 Å². The molecule has 0 radical (unpaired) electrons. The number of carbonyl (C=O) groups is 2. The Balaban J connectivity index is -0.000000125. The van der Waals surface area contributed by atoms with Crippen molar-refractivity contribution < 1.29 is 53.4 Å². The summed E-state index contributed by atoms with van der Waals surface area (Å²) < 4.78 is 0. The third-order valence-corrected chi connectivity index (χ3v) is 0.167. The molecule has 0 rings (SSSR count). The van der Waals surface area contributed by atoms with Crippen molar-refractivity contribution in [3.05, 3.63) is 0 Å². The number of carboxylic acids is 2. The molecule has 6 heteroatoms. The first-order valence-corrected chi connectivity index (χ1v) is 1.07. The van der Waals surface area contributed by atoms with Gasteiger partial charge in [0.15, 0.2) is 0 Å². The fourth-order valence-corrected chi connectivity index (χ4v) is 0. The number of carbonyl (C=O) groups excluding carboxylic acids is 2. The molecule has 50 valence electrons. The molecule has 8 heavy (non-hydrogen) atoms. The SMILES string of the molecule is O=C([O-])C(=O)[O-].[Fe].[Ni+2]. The van der Waals surface area contributed by atoms with Gasteiger partial charge < -0.3 is 19.8 Å². The van der Waals surface area contributed by atoms with Gasteiger partial charge in [0.05, 0.1) is 11.9 Å². The molecule has 0 N–H and O–H groups in total. The fraction of sp³-hybridized carbons (Fsp3) is 0. The quantitative estimate of drug-likeness (QED) is 0.301. The largest absolute Gasteiger partial charge is 2.00 e. The molecule has 0 saturated carbocycles. The molecule has 0 aromatic heterocycles. The van der Waals surface area contributed by atoms with Gasteiger partial charge in [-0.15, -0.1) is 0 Å². The van der Waals surface area contributed by atoms with E-state index in [2.05, 4.69) is 0 Å². The second-order valence-electron chi connectivity index (χ2n) is 0.575. The second kappa shape index (κ2) is 6.95. The number of carboxylic acid groups (broad SMARTS) is 2. The molecule has 0 aromatic carbocycles. The molecule has 0 amide bonds. The van der Waals surface area contributed by atoms with Crippen LogP contribution in [0.1, 0.15) is 0 Å². The Labute approximate surface area is 65.7 Å². The Morgan fingerprint density at radius 3 is 1.12 bits per heavy atom. The Kier molecular flexibility index (Phi) is 13.6. The van der Waals surface area contributed by atoms with E-state index in [0.29, 0.717) is 0 Å². The maximum absolute atomic E-state index is 8.93. The van der Waals surface area contributed by atoms with E-state index in [1.54, 1.807) is 0 Å². The van der Waals surface area contributed by atoms with E-state index in [1.807, 2.05) is 0 Å². The monoisotopic (exact) mass is 202 g/mol. The fourth-order valence-electron chi connectivity index (χ4n) is 0. The van der Waals surface area contributed by atoms with Crippen molar-refractivity contribution in [3.63, 3.8) is 0 Å². The molecule has 4 nitrogen and oxygen atoms in total. The van der Waals surface area contributed by atoms with Crippen LogP contribution >= 0.6 is 0 Å². The van der Waals surface area contributed by atoms with Gasteiger partial charge in [-0.25, -0.2) is 0 Å². The zero-order valence-corrected chi connectivity index (χ0v) is 5.39. The zero-order chi connectivity index (χ0) is 5.15. The van der Waals surface area contributed by atoms with Crippen LogP contribution in [-0.4, -0.2) is 11.9 Å². The standard InChI is InChI=1S/C2H2O4.Fe.Ni/c3-1(4)2(5)6;;/h(H,3,4)(H,5,6);;/q;;+2/p-2. The predicted octanol–water partition coefficient (Wildman–Crippen LogP) is -3.52. The normalized spacial score (nSPS) is 5.50. The molecule has 0 aliphatic rings. The van der Waals surface area contributed by atoms with Crippen LogP contribution in [0.25, 0.3) is 0 Å². The van der Waals surface area contributed by atoms with Crippen molar-refractivity contribution >= 4 is 11.9 Å². The third-order valence-electron chi connectivity index (χ3n) is 0.167. The van der Waals surface area contributed by atoms with E-state index in [9.17, 15) is 0 Å². The van der Waals surface area contributed by atoms with Crippen molar-refractivity contribution in [2.24, 2.45) is 0 Å². The maximum Gasteiger partial charge on any atom is 2.00 e. The molecule has 0 spiro atoms. The molecule has 0 saturated heterocycles. The molecule has 0 heterocycles. The van der Waals surface area contributed by atoms with Crippen LogP contribution in [-0.2, 0) is 43.1 Å². The minimum absolute atomic E-state index is 0. The number of rotatable bonds is 0. The van der Waals surface area contributed by atoms with E-state index < -0.39 is 11.9 Å². The number of aliphatic carboxylic acids is 2. The molecule has 0 fully saturated rings. The van der Waals surface area contributed by atoms with Crippen molar-refractivity contribution in [1.82, 2.24) is 0 Å². The molecular weight excluding hydrogens is 203 g/mol. The molecule has 0 aromatic rings. The summed E-state index contributed by atoms with van der Waals surface area (Å²) in [5.74, 6) is -4.37. The molecule has 0 aliphatic carbocycles. The van der Waals surface area contributed by atoms with E-state index >= 15 is 0 Å². The predicted molar refractivity (Wildman–Crippen MR) is 10.0 cm³/mol. The van der Waals surface area contributed by atoms with Crippen LogP contribution in [0.3, 0.4) is 0 Å². The van der Waals surface area contributed by atoms with Crippen LogP contribution in [0.5, 0.6) is 0 Å². The summed E-state index contributed by atoms with van der Waals surface area (Å²) in [6, 6.07) is 0. The van der Waals surface area contributed by atoms with Crippen LogP contribution in [0.2, 0.25) is 0 Å². The van der Waals surface area contributed by atoms with Gasteiger partial charge in [0, 0.05) is 17.1 Å². The first-order chi connectivity index (χ1) is 2.64. The first kappa shape index (κ1) is 15.7. The Hall–Kier alpha value is -0.0470. The van der Waals surface area contributed by atoms with Crippen molar-refractivity contribution in [1.29, 1.82) is 0 Å². The summed E-state index contributed by atoms with van der Waals surface area (Å²) in [4.78, 5) is 17.9. The van der Waals surface area contributed by atoms with Gasteiger partial charge in [-0.1, -0.05) is 0 Å². The summed E-state index contributed by atoms with van der Waals surface area (Å²) in [6.45, 7) is 0. The van der Waals surface area contributed by atoms with Crippen molar-refractivity contribution in [2.75, 3.05) is 0 Å². The van der Waals surface area contributed by atoms with Gasteiger partial charge in [0.1, 0.15) is 0 Å². The van der Waals surface area contributed by atoms with Gasteiger partial charge in [-0.2, -0.15) is 0 Å². The van der Waals surface area contributed by atoms with E-state index in [1.165, 1.54) is 0 Å². The van der Waals surface area contributed by atoms with E-state index in [0.717, 1.165) is 0 Å². The molecule has 0 atom stereocenters. The maximum atomic E-state index is 8.93. The van der Waals surface area contributed by atoms with Gasteiger partial charge in [0.2, 0.25) is 0 Å². The Morgan fingerprint density at radius 2 is 1.12 bits per heavy atom. The topological polar surface area (TPSA) is 80.3 Å². The van der Waals surface area contributed by atoms with Crippen molar-refractivity contribution in [3.8, 4) is 0 Å². The average Bonchev–Trinajstić information content (AvgIpc) is 1.36. The van der Waals surface area contributed by atoms with Crippen LogP contribution in [0.15, 0.2) is 0 Å².